The van der Waals surface area contributed by atoms with Crippen molar-refractivity contribution < 1.29 is 26.3 Å². The second-order valence-corrected chi connectivity index (χ2v) is 19.0. The van der Waals surface area contributed by atoms with Gasteiger partial charge in [-0.05, 0) is 129 Å². The molecule has 0 bridgehead atoms. The second-order valence-electron chi connectivity index (χ2n) is 19.0. The quantitative estimate of drug-likeness (QED) is 0.147. The van der Waals surface area contributed by atoms with Crippen LogP contribution in [-0.2, 0) is 12.4 Å². The maximum atomic E-state index is 15.1. The second kappa shape index (κ2) is 19.1. The van der Waals surface area contributed by atoms with Gasteiger partial charge < -0.3 is 9.13 Å². The molecule has 12 aromatic rings. The SMILES string of the molecule is N#Cc1ccccc1-c1ccc2c3ccc(-c4ccccc4C#N)cc3n(-c3cc(-c4cc(C(F)(F)F)cc(C(F)(F)F)c4)c(-n4c5cc(-c6ccccc6C#N)ccc5c5ccc(-c6ccccc6C#N)cc54)cc3C#N)c2c1. The molecule has 2 aromatic heterocycles. The lowest BCUT2D eigenvalue weighted by molar-refractivity contribution is -0.143. The van der Waals surface area contributed by atoms with Gasteiger partial charge in [-0.15, -0.1) is 0 Å². The number of hydrogen-bond donors (Lipinski definition) is 0. The molecular formula is C67H33F6N7. The molecular weight excluding hydrogens is 1020 g/mol. The summed E-state index contributed by atoms with van der Waals surface area (Å²) in [6, 6.07) is 65.2. The smallest absolute Gasteiger partial charge is 0.309 e. The molecule has 0 radical (unpaired) electrons. The number of fused-ring (bicyclic) bond motifs is 6. The summed E-state index contributed by atoms with van der Waals surface area (Å²) in [7, 11) is 0. The van der Waals surface area contributed by atoms with Crippen molar-refractivity contribution >= 4 is 43.6 Å². The number of nitriles is 5. The van der Waals surface area contributed by atoms with Gasteiger partial charge in [0.1, 0.15) is 6.07 Å². The van der Waals surface area contributed by atoms with Gasteiger partial charge in [-0.3, -0.25) is 0 Å². The maximum Gasteiger partial charge on any atom is 0.416 e. The number of nitrogens with zero attached hydrogens (tertiary/aromatic N) is 7. The normalized spacial score (nSPS) is 11.6. The summed E-state index contributed by atoms with van der Waals surface area (Å²) < 4.78 is 94.1. The van der Waals surface area contributed by atoms with Crippen LogP contribution in [0.4, 0.5) is 26.3 Å². The Hall–Kier alpha value is -11.2. The van der Waals surface area contributed by atoms with Gasteiger partial charge in [0, 0.05) is 27.1 Å². The molecule has 12 rings (SSSR count). The minimum Gasteiger partial charge on any atom is -0.309 e. The molecule has 0 saturated heterocycles. The molecule has 0 aliphatic heterocycles. The van der Waals surface area contributed by atoms with E-state index in [1.165, 1.54) is 12.1 Å². The average Bonchev–Trinajstić information content (AvgIpc) is 4.09. The van der Waals surface area contributed by atoms with Gasteiger partial charge in [0.05, 0.1) is 96.7 Å². The molecule has 13 heteroatoms. The topological polar surface area (TPSA) is 129 Å². The van der Waals surface area contributed by atoms with E-state index in [1.54, 1.807) is 118 Å². The van der Waals surface area contributed by atoms with Gasteiger partial charge in [0.25, 0.3) is 0 Å². The van der Waals surface area contributed by atoms with E-state index in [0.717, 1.165) is 0 Å². The predicted octanol–water partition coefficient (Wildman–Crippen LogP) is 17.6. The Labute approximate surface area is 452 Å². The average molecular weight is 1050 g/mol. The molecule has 0 atom stereocenters. The highest BCUT2D eigenvalue weighted by molar-refractivity contribution is 6.13. The zero-order valence-corrected chi connectivity index (χ0v) is 41.5. The van der Waals surface area contributed by atoms with Gasteiger partial charge in [0.2, 0.25) is 0 Å². The lowest BCUT2D eigenvalue weighted by atomic mass is 9.95. The van der Waals surface area contributed by atoms with Crippen LogP contribution in [0.2, 0.25) is 0 Å². The van der Waals surface area contributed by atoms with Crippen molar-refractivity contribution in [3.63, 3.8) is 0 Å². The molecule has 7 nitrogen and oxygen atoms in total. The van der Waals surface area contributed by atoms with Crippen LogP contribution in [0.3, 0.4) is 0 Å². The van der Waals surface area contributed by atoms with Crippen molar-refractivity contribution in [3.8, 4) is 97.4 Å². The highest BCUT2D eigenvalue weighted by atomic mass is 19.4. The summed E-state index contributed by atoms with van der Waals surface area (Å²) in [6.45, 7) is 0. The van der Waals surface area contributed by atoms with Crippen molar-refractivity contribution in [2.75, 3.05) is 0 Å². The van der Waals surface area contributed by atoms with Crippen molar-refractivity contribution in [2.24, 2.45) is 0 Å². The molecule has 10 aromatic carbocycles. The zero-order valence-electron chi connectivity index (χ0n) is 41.5. The van der Waals surface area contributed by atoms with Gasteiger partial charge in [-0.25, -0.2) is 0 Å². The Balaban J connectivity index is 1.26. The van der Waals surface area contributed by atoms with E-state index in [-0.39, 0.29) is 28.6 Å². The summed E-state index contributed by atoms with van der Waals surface area (Å²) in [6.07, 6.45) is -10.5. The molecule has 0 N–H and O–H groups in total. The third-order valence-corrected chi connectivity index (χ3v) is 14.6. The summed E-state index contributed by atoms with van der Waals surface area (Å²) >= 11 is 0. The maximum absolute atomic E-state index is 15.1. The lowest BCUT2D eigenvalue weighted by Gasteiger charge is -2.21. The fourth-order valence-corrected chi connectivity index (χ4v) is 10.9. The highest BCUT2D eigenvalue weighted by Crippen LogP contribution is 2.46. The molecule has 0 amide bonds. The third-order valence-electron chi connectivity index (χ3n) is 14.6. The van der Waals surface area contributed by atoms with Crippen LogP contribution in [0, 0.1) is 56.7 Å². The zero-order chi connectivity index (χ0) is 55.6. The van der Waals surface area contributed by atoms with E-state index in [9.17, 15) is 26.3 Å². The van der Waals surface area contributed by atoms with Crippen LogP contribution < -0.4 is 0 Å². The molecule has 0 aliphatic carbocycles. The first-order valence-corrected chi connectivity index (χ1v) is 24.7. The molecule has 0 spiro atoms. The summed E-state index contributed by atoms with van der Waals surface area (Å²) in [4.78, 5) is 0. The largest absolute Gasteiger partial charge is 0.416 e. The molecule has 0 aliphatic rings. The van der Waals surface area contributed by atoms with E-state index in [0.29, 0.717) is 123 Å². The lowest BCUT2D eigenvalue weighted by Crippen LogP contribution is -2.11. The Kier molecular flexibility index (Phi) is 11.9. The number of benzene rings is 10. The predicted molar refractivity (Wildman–Crippen MR) is 296 cm³/mol. The Morgan fingerprint density at radius 1 is 0.275 bits per heavy atom. The standard InChI is InChI=1S/C67H33F6N7/c68-66(69,70)49-25-47(26-50(32-49)67(71,72)73)59-33-60(79-61-27-39(51-13-5-1-9-43(51)34-74)17-21-55(61)56-22-18-40(28-62(56)79)52-14-6-2-10-44(52)35-75)48(38-78)31-65(59)80-63-29-41(53-15-7-3-11-45(53)36-76)19-23-57(63)58-24-20-42(30-64(58)80)54-16-8-4-12-46(54)37-77/h1-33H. The molecule has 378 valence electrons. The van der Waals surface area contributed by atoms with Crippen molar-refractivity contribution in [1.82, 2.24) is 9.13 Å². The molecule has 2 heterocycles. The van der Waals surface area contributed by atoms with Crippen molar-refractivity contribution in [1.29, 1.82) is 26.3 Å². The first-order chi connectivity index (χ1) is 38.7. The minimum atomic E-state index is -5.25. The van der Waals surface area contributed by atoms with Crippen LogP contribution in [0.1, 0.15) is 38.9 Å². The summed E-state index contributed by atoms with van der Waals surface area (Å²) in [5.41, 5.74) is 4.17. The van der Waals surface area contributed by atoms with Crippen LogP contribution in [0.5, 0.6) is 0 Å². The Bertz CT molecular complexity index is 4570. The number of halogens is 6. The van der Waals surface area contributed by atoms with Crippen molar-refractivity contribution in [2.45, 2.75) is 12.4 Å². The summed E-state index contributed by atoms with van der Waals surface area (Å²) in [5, 5.41) is 55.0. The molecule has 0 saturated carbocycles. The number of alkyl halides is 6. The van der Waals surface area contributed by atoms with E-state index in [2.05, 4.69) is 30.3 Å². The monoisotopic (exact) mass is 1050 g/mol. The van der Waals surface area contributed by atoms with Gasteiger partial charge in [0.15, 0.2) is 0 Å². The van der Waals surface area contributed by atoms with Gasteiger partial charge in [-0.2, -0.15) is 52.7 Å². The Morgan fingerprint density at radius 3 is 0.875 bits per heavy atom. The number of rotatable bonds is 7. The third kappa shape index (κ3) is 8.30. The van der Waals surface area contributed by atoms with Crippen molar-refractivity contribution in [3.05, 3.63) is 239 Å². The Morgan fingerprint density at radius 2 is 0.575 bits per heavy atom. The first kappa shape index (κ1) is 49.7. The van der Waals surface area contributed by atoms with E-state index < -0.39 is 29.0 Å². The van der Waals surface area contributed by atoms with E-state index >= 15 is 26.3 Å². The number of hydrogen-bond acceptors (Lipinski definition) is 5. The van der Waals surface area contributed by atoms with E-state index in [1.807, 2.05) is 60.7 Å². The van der Waals surface area contributed by atoms with E-state index in [4.69, 9.17) is 0 Å². The molecule has 0 unspecified atom stereocenters. The fourth-order valence-electron chi connectivity index (χ4n) is 10.9. The van der Waals surface area contributed by atoms with Crippen LogP contribution in [0.15, 0.2) is 200 Å². The fraction of sp³-hybridized carbons (Fsp3) is 0.0299. The summed E-state index contributed by atoms with van der Waals surface area (Å²) in [5.74, 6) is 0. The molecule has 0 fully saturated rings. The van der Waals surface area contributed by atoms with Crippen LogP contribution >= 0.6 is 0 Å². The molecule has 80 heavy (non-hydrogen) atoms. The highest BCUT2D eigenvalue weighted by Gasteiger charge is 2.38. The number of aromatic nitrogens is 2. The minimum absolute atomic E-state index is 0.0298. The van der Waals surface area contributed by atoms with Crippen LogP contribution in [-0.4, -0.2) is 9.13 Å². The first-order valence-electron chi connectivity index (χ1n) is 24.7. The van der Waals surface area contributed by atoms with Gasteiger partial charge in [-0.1, -0.05) is 121 Å². The van der Waals surface area contributed by atoms with Gasteiger partial charge >= 0.3 is 12.4 Å². The van der Waals surface area contributed by atoms with Crippen LogP contribution in [0.25, 0.3) is 111 Å².